The van der Waals surface area contributed by atoms with Crippen LogP contribution in [0.3, 0.4) is 0 Å². The zero-order chi connectivity index (χ0) is 11.5. The molecular weight excluding hydrogens is 224 g/mol. The van der Waals surface area contributed by atoms with Gasteiger partial charge < -0.3 is 9.47 Å². The molecule has 0 bridgehead atoms. The minimum Gasteiger partial charge on any atom is -0.494 e. The molecule has 0 aliphatic carbocycles. The van der Waals surface area contributed by atoms with Gasteiger partial charge >= 0.3 is 5.97 Å². The summed E-state index contributed by atoms with van der Waals surface area (Å²) in [5.74, 6) is 0.535. The van der Waals surface area contributed by atoms with Gasteiger partial charge in [0, 0.05) is 4.70 Å². The summed E-state index contributed by atoms with van der Waals surface area (Å²) in [4.78, 5) is 12.0. The molecule has 0 saturated carbocycles. The van der Waals surface area contributed by atoms with Gasteiger partial charge in [0.1, 0.15) is 10.6 Å². The Bertz CT molecular complexity index is 516. The van der Waals surface area contributed by atoms with E-state index in [0.29, 0.717) is 11.5 Å². The van der Waals surface area contributed by atoms with Crippen LogP contribution >= 0.6 is 11.3 Å². The van der Waals surface area contributed by atoms with Crippen molar-refractivity contribution in [1.82, 2.24) is 0 Å². The van der Waals surface area contributed by atoms with Crippen LogP contribution in [0.4, 0.5) is 0 Å². The van der Waals surface area contributed by atoms with Gasteiger partial charge in [-0.3, -0.25) is 0 Å². The normalized spacial score (nSPS) is 10.4. The minimum absolute atomic E-state index is 0.292. The number of fused-ring (bicyclic) bond motifs is 1. The van der Waals surface area contributed by atoms with Gasteiger partial charge in [0.2, 0.25) is 0 Å². The summed E-state index contributed by atoms with van der Waals surface area (Å²) in [7, 11) is 1.39. The Kier molecular flexibility index (Phi) is 3.10. The second-order valence-corrected chi connectivity index (χ2v) is 4.32. The largest absolute Gasteiger partial charge is 0.494 e. The second kappa shape index (κ2) is 4.53. The van der Waals surface area contributed by atoms with Gasteiger partial charge in [-0.2, -0.15) is 0 Å². The molecule has 3 nitrogen and oxygen atoms in total. The average Bonchev–Trinajstić information content (AvgIpc) is 2.71. The van der Waals surface area contributed by atoms with Crippen molar-refractivity contribution in [2.75, 3.05) is 13.7 Å². The van der Waals surface area contributed by atoms with Gasteiger partial charge in [-0.1, -0.05) is 0 Å². The van der Waals surface area contributed by atoms with Crippen molar-refractivity contribution in [3.05, 3.63) is 29.1 Å². The molecule has 2 aromatic rings. The Hall–Kier alpha value is -1.55. The number of hydrogen-bond donors (Lipinski definition) is 0. The molecule has 1 aromatic heterocycles. The third-order valence-corrected chi connectivity index (χ3v) is 3.27. The van der Waals surface area contributed by atoms with Crippen molar-refractivity contribution < 1.29 is 14.3 Å². The van der Waals surface area contributed by atoms with E-state index in [1.807, 2.05) is 31.2 Å². The summed E-state index contributed by atoms with van der Waals surface area (Å²) in [6.45, 7) is 2.58. The number of hydrogen-bond acceptors (Lipinski definition) is 4. The first kappa shape index (κ1) is 11.0. The summed E-state index contributed by atoms with van der Waals surface area (Å²) >= 11 is 1.42. The summed E-state index contributed by atoms with van der Waals surface area (Å²) in [5.41, 5.74) is 0. The molecule has 1 heterocycles. The molecule has 84 valence electrons. The molecule has 0 saturated heterocycles. The van der Waals surface area contributed by atoms with Crippen LogP contribution < -0.4 is 4.74 Å². The highest BCUT2D eigenvalue weighted by atomic mass is 32.1. The number of methoxy groups -OCH3 is 1. The maximum atomic E-state index is 11.4. The molecule has 0 aliphatic rings. The Morgan fingerprint density at radius 1 is 1.38 bits per heavy atom. The lowest BCUT2D eigenvalue weighted by Gasteiger charge is -2.01. The predicted molar refractivity (Wildman–Crippen MR) is 64.3 cm³/mol. The fourth-order valence-corrected chi connectivity index (χ4v) is 2.48. The maximum Gasteiger partial charge on any atom is 0.348 e. The number of carbonyl (C=O) groups is 1. The van der Waals surface area contributed by atoms with Crippen molar-refractivity contribution in [2.24, 2.45) is 0 Å². The van der Waals surface area contributed by atoms with E-state index in [2.05, 4.69) is 4.74 Å². The molecule has 0 atom stereocenters. The van der Waals surface area contributed by atoms with Crippen LogP contribution in [0.1, 0.15) is 16.6 Å². The van der Waals surface area contributed by atoms with Gasteiger partial charge in [-0.15, -0.1) is 11.3 Å². The third-order valence-electron chi connectivity index (χ3n) is 2.19. The topological polar surface area (TPSA) is 35.5 Å². The van der Waals surface area contributed by atoms with Crippen molar-refractivity contribution >= 4 is 27.4 Å². The van der Waals surface area contributed by atoms with Gasteiger partial charge in [0.15, 0.2) is 0 Å². The van der Waals surface area contributed by atoms with Gasteiger partial charge in [0.05, 0.1) is 13.7 Å². The molecule has 2 rings (SSSR count). The summed E-state index contributed by atoms with van der Waals surface area (Å²) in [5, 5.41) is 1.04. The molecule has 0 fully saturated rings. The van der Waals surface area contributed by atoms with Crippen LogP contribution in [0.25, 0.3) is 10.1 Å². The molecule has 16 heavy (non-hydrogen) atoms. The van der Waals surface area contributed by atoms with Gasteiger partial charge in [-0.05, 0) is 36.6 Å². The first-order valence-corrected chi connectivity index (χ1v) is 5.81. The highest BCUT2D eigenvalue weighted by Crippen LogP contribution is 2.29. The Morgan fingerprint density at radius 2 is 2.19 bits per heavy atom. The van der Waals surface area contributed by atoms with E-state index >= 15 is 0 Å². The smallest absolute Gasteiger partial charge is 0.348 e. The first-order chi connectivity index (χ1) is 7.74. The van der Waals surface area contributed by atoms with E-state index in [-0.39, 0.29) is 5.97 Å². The van der Waals surface area contributed by atoms with Crippen molar-refractivity contribution in [3.63, 3.8) is 0 Å². The Labute approximate surface area is 97.6 Å². The molecule has 4 heteroatoms. The Balaban J connectivity index is 2.41. The third kappa shape index (κ3) is 2.02. The quantitative estimate of drug-likeness (QED) is 0.768. The fraction of sp³-hybridized carbons (Fsp3) is 0.250. The van der Waals surface area contributed by atoms with Gasteiger partial charge in [-0.25, -0.2) is 4.79 Å². The molecule has 0 N–H and O–H groups in total. The van der Waals surface area contributed by atoms with Crippen LogP contribution in [-0.2, 0) is 4.74 Å². The van der Waals surface area contributed by atoms with Crippen LogP contribution in [0.5, 0.6) is 5.75 Å². The lowest BCUT2D eigenvalue weighted by molar-refractivity contribution is 0.0606. The van der Waals surface area contributed by atoms with Crippen molar-refractivity contribution in [3.8, 4) is 5.75 Å². The lowest BCUT2D eigenvalue weighted by Crippen LogP contribution is -1.96. The predicted octanol–water partition coefficient (Wildman–Crippen LogP) is 3.09. The van der Waals surface area contributed by atoms with Crippen LogP contribution in [0.15, 0.2) is 24.3 Å². The number of esters is 1. The van der Waals surface area contributed by atoms with Crippen molar-refractivity contribution in [1.29, 1.82) is 0 Å². The van der Waals surface area contributed by atoms with E-state index in [1.165, 1.54) is 18.4 Å². The highest BCUT2D eigenvalue weighted by Gasteiger charge is 2.10. The molecular formula is C12H12O3S. The van der Waals surface area contributed by atoms with Crippen LogP contribution in [-0.4, -0.2) is 19.7 Å². The van der Waals surface area contributed by atoms with E-state index < -0.39 is 0 Å². The Morgan fingerprint density at radius 3 is 2.88 bits per heavy atom. The van der Waals surface area contributed by atoms with E-state index in [1.54, 1.807) is 0 Å². The van der Waals surface area contributed by atoms with Crippen LogP contribution in [0.2, 0.25) is 0 Å². The highest BCUT2D eigenvalue weighted by molar-refractivity contribution is 7.20. The number of carbonyl (C=O) groups excluding carboxylic acids is 1. The summed E-state index contributed by atoms with van der Waals surface area (Å²) in [6.07, 6.45) is 0. The lowest BCUT2D eigenvalue weighted by atomic mass is 10.2. The van der Waals surface area contributed by atoms with E-state index in [4.69, 9.17) is 4.74 Å². The average molecular weight is 236 g/mol. The van der Waals surface area contributed by atoms with E-state index in [0.717, 1.165) is 15.8 Å². The maximum absolute atomic E-state index is 11.4. The second-order valence-electron chi connectivity index (χ2n) is 3.23. The number of rotatable bonds is 3. The number of ether oxygens (including phenoxy) is 2. The van der Waals surface area contributed by atoms with Crippen molar-refractivity contribution in [2.45, 2.75) is 6.92 Å². The summed E-state index contributed by atoms with van der Waals surface area (Å²) < 4.78 is 11.1. The number of thiophene rings is 1. The first-order valence-electron chi connectivity index (χ1n) is 4.99. The molecule has 0 aliphatic heterocycles. The monoisotopic (exact) mass is 236 g/mol. The molecule has 0 unspecified atom stereocenters. The zero-order valence-corrected chi connectivity index (χ0v) is 9.97. The van der Waals surface area contributed by atoms with Crippen LogP contribution in [0, 0.1) is 0 Å². The summed E-state index contributed by atoms with van der Waals surface area (Å²) in [6, 6.07) is 7.63. The molecule has 0 amide bonds. The fourth-order valence-electron chi connectivity index (χ4n) is 1.47. The van der Waals surface area contributed by atoms with E-state index in [9.17, 15) is 4.79 Å². The molecule has 0 radical (unpaired) electrons. The minimum atomic E-state index is -0.292. The number of benzene rings is 1. The SMILES string of the molecule is CCOc1ccc2cc(C(=O)OC)sc2c1. The zero-order valence-electron chi connectivity index (χ0n) is 9.15. The molecule has 1 aromatic carbocycles. The van der Waals surface area contributed by atoms with Gasteiger partial charge in [0.25, 0.3) is 0 Å². The standard InChI is InChI=1S/C12H12O3S/c1-3-15-9-5-4-8-6-11(12(13)14-2)16-10(8)7-9/h4-7H,3H2,1-2H3. The molecule has 0 spiro atoms.